The molecule has 1 aliphatic rings. The summed E-state index contributed by atoms with van der Waals surface area (Å²) >= 11 is 0. The zero-order chi connectivity index (χ0) is 14.7. The van der Waals surface area contributed by atoms with Crippen LogP contribution < -0.4 is 4.74 Å². The van der Waals surface area contributed by atoms with Crippen molar-refractivity contribution >= 4 is 11.9 Å². The third-order valence-electron chi connectivity index (χ3n) is 3.48. The summed E-state index contributed by atoms with van der Waals surface area (Å²) in [4.78, 5) is 25.1. The maximum atomic E-state index is 11.8. The monoisotopic (exact) mass is 277 g/mol. The van der Waals surface area contributed by atoms with Crippen molar-refractivity contribution in [2.45, 2.75) is 19.9 Å². The molecule has 1 aromatic carbocycles. The van der Waals surface area contributed by atoms with Crippen molar-refractivity contribution in [3.8, 4) is 5.75 Å². The molecule has 1 saturated heterocycles. The number of esters is 1. The lowest BCUT2D eigenvalue weighted by molar-refractivity contribution is -0.128. The maximum Gasteiger partial charge on any atom is 0.337 e. The SMILES string of the molecule is COC(=O)c1ccc(CN2CC(C)CC2=O)c(OC)c1. The highest BCUT2D eigenvalue weighted by atomic mass is 16.5. The molecule has 1 heterocycles. The largest absolute Gasteiger partial charge is 0.496 e. The molecule has 5 nitrogen and oxygen atoms in total. The summed E-state index contributed by atoms with van der Waals surface area (Å²) in [5.74, 6) is 0.750. The van der Waals surface area contributed by atoms with Crippen LogP contribution in [0.15, 0.2) is 18.2 Å². The van der Waals surface area contributed by atoms with Gasteiger partial charge in [0.25, 0.3) is 0 Å². The van der Waals surface area contributed by atoms with Crippen LogP contribution in [0.3, 0.4) is 0 Å². The highest BCUT2D eigenvalue weighted by Crippen LogP contribution is 2.25. The summed E-state index contributed by atoms with van der Waals surface area (Å²) < 4.78 is 9.99. The van der Waals surface area contributed by atoms with Gasteiger partial charge in [0, 0.05) is 25.1 Å². The van der Waals surface area contributed by atoms with E-state index in [2.05, 4.69) is 11.7 Å². The minimum Gasteiger partial charge on any atom is -0.496 e. The average Bonchev–Trinajstić information content (AvgIpc) is 2.76. The summed E-state index contributed by atoms with van der Waals surface area (Å²) in [6.45, 7) is 3.34. The van der Waals surface area contributed by atoms with Crippen LogP contribution in [0.5, 0.6) is 5.75 Å². The van der Waals surface area contributed by atoms with E-state index >= 15 is 0 Å². The molecule has 0 spiro atoms. The molecule has 1 aromatic rings. The topological polar surface area (TPSA) is 55.8 Å². The van der Waals surface area contributed by atoms with Crippen LogP contribution in [0, 0.1) is 5.92 Å². The van der Waals surface area contributed by atoms with Gasteiger partial charge in [0.2, 0.25) is 5.91 Å². The fraction of sp³-hybridized carbons (Fsp3) is 0.467. The predicted octanol–water partition coefficient (Wildman–Crippen LogP) is 1.85. The molecular weight excluding hydrogens is 258 g/mol. The molecule has 0 bridgehead atoms. The van der Waals surface area contributed by atoms with Gasteiger partial charge in [-0.05, 0) is 18.1 Å². The van der Waals surface area contributed by atoms with Crippen molar-refractivity contribution in [1.29, 1.82) is 0 Å². The molecule has 0 radical (unpaired) electrons. The Kier molecular flexibility index (Phi) is 4.27. The second kappa shape index (κ2) is 5.94. The summed E-state index contributed by atoms with van der Waals surface area (Å²) in [5.41, 5.74) is 1.33. The van der Waals surface area contributed by atoms with Crippen molar-refractivity contribution in [3.63, 3.8) is 0 Å². The zero-order valence-corrected chi connectivity index (χ0v) is 12.0. The summed E-state index contributed by atoms with van der Waals surface area (Å²) in [6, 6.07) is 5.14. The van der Waals surface area contributed by atoms with Gasteiger partial charge < -0.3 is 14.4 Å². The lowest BCUT2D eigenvalue weighted by atomic mass is 10.1. The standard InChI is InChI=1S/C15H19NO4/c1-10-6-14(17)16(8-10)9-12-5-4-11(15(18)20-3)7-13(12)19-2/h4-5,7,10H,6,8-9H2,1-3H3. The minimum atomic E-state index is -0.402. The van der Waals surface area contributed by atoms with Crippen LogP contribution in [0.1, 0.15) is 29.3 Å². The fourth-order valence-corrected chi connectivity index (χ4v) is 2.45. The second-order valence-electron chi connectivity index (χ2n) is 5.10. The van der Waals surface area contributed by atoms with Crippen molar-refractivity contribution in [3.05, 3.63) is 29.3 Å². The molecule has 1 fully saturated rings. The Bertz CT molecular complexity index is 527. The van der Waals surface area contributed by atoms with Crippen LogP contribution in [0.2, 0.25) is 0 Å². The molecule has 1 amide bonds. The number of amides is 1. The average molecular weight is 277 g/mol. The van der Waals surface area contributed by atoms with Gasteiger partial charge in [-0.3, -0.25) is 4.79 Å². The van der Waals surface area contributed by atoms with Gasteiger partial charge in [0.15, 0.2) is 0 Å². The number of likely N-dealkylation sites (tertiary alicyclic amines) is 1. The molecule has 1 unspecified atom stereocenters. The van der Waals surface area contributed by atoms with E-state index in [1.54, 1.807) is 25.3 Å². The second-order valence-corrected chi connectivity index (χ2v) is 5.10. The van der Waals surface area contributed by atoms with Crippen molar-refractivity contribution in [1.82, 2.24) is 4.90 Å². The van der Waals surface area contributed by atoms with Crippen LogP contribution >= 0.6 is 0 Å². The number of benzene rings is 1. The van der Waals surface area contributed by atoms with Gasteiger partial charge in [0.1, 0.15) is 5.75 Å². The molecule has 0 aliphatic carbocycles. The van der Waals surface area contributed by atoms with Gasteiger partial charge in [0.05, 0.1) is 19.8 Å². The summed E-state index contributed by atoms with van der Waals surface area (Å²) in [6.07, 6.45) is 0.600. The normalized spacial score (nSPS) is 18.2. The number of carbonyl (C=O) groups excluding carboxylic acids is 2. The molecule has 108 valence electrons. The van der Waals surface area contributed by atoms with Crippen LogP contribution in [-0.2, 0) is 16.1 Å². The lowest BCUT2D eigenvalue weighted by Crippen LogP contribution is -2.24. The Balaban J connectivity index is 2.19. The first kappa shape index (κ1) is 14.4. The van der Waals surface area contributed by atoms with E-state index in [1.165, 1.54) is 7.11 Å². The third-order valence-corrected chi connectivity index (χ3v) is 3.48. The van der Waals surface area contributed by atoms with E-state index in [1.807, 2.05) is 4.90 Å². The van der Waals surface area contributed by atoms with E-state index in [9.17, 15) is 9.59 Å². The molecule has 0 aromatic heterocycles. The van der Waals surface area contributed by atoms with Gasteiger partial charge >= 0.3 is 5.97 Å². The van der Waals surface area contributed by atoms with Gasteiger partial charge in [-0.1, -0.05) is 13.0 Å². The smallest absolute Gasteiger partial charge is 0.337 e. The van der Waals surface area contributed by atoms with Crippen molar-refractivity contribution in [2.75, 3.05) is 20.8 Å². The summed E-state index contributed by atoms with van der Waals surface area (Å²) in [5, 5.41) is 0. The highest BCUT2D eigenvalue weighted by Gasteiger charge is 2.27. The molecule has 0 saturated carbocycles. The lowest BCUT2D eigenvalue weighted by Gasteiger charge is -2.18. The van der Waals surface area contributed by atoms with Gasteiger partial charge in [-0.2, -0.15) is 0 Å². The highest BCUT2D eigenvalue weighted by molar-refractivity contribution is 5.90. The quantitative estimate of drug-likeness (QED) is 0.788. The first-order chi connectivity index (χ1) is 9.55. The molecule has 2 rings (SSSR count). The number of hydrogen-bond acceptors (Lipinski definition) is 4. The Hall–Kier alpha value is -2.04. The van der Waals surface area contributed by atoms with E-state index in [0.717, 1.165) is 12.1 Å². The van der Waals surface area contributed by atoms with E-state index < -0.39 is 5.97 Å². The maximum absolute atomic E-state index is 11.8. The van der Waals surface area contributed by atoms with E-state index in [0.29, 0.717) is 30.2 Å². The Morgan fingerprint density at radius 3 is 2.70 bits per heavy atom. The molecule has 1 atom stereocenters. The number of hydrogen-bond donors (Lipinski definition) is 0. The Labute approximate surface area is 118 Å². The molecule has 0 N–H and O–H groups in total. The zero-order valence-electron chi connectivity index (χ0n) is 12.0. The first-order valence-electron chi connectivity index (χ1n) is 6.58. The molecular formula is C15H19NO4. The fourth-order valence-electron chi connectivity index (χ4n) is 2.45. The molecule has 1 aliphatic heterocycles. The minimum absolute atomic E-state index is 0.164. The van der Waals surface area contributed by atoms with Gasteiger partial charge in [-0.25, -0.2) is 4.79 Å². The van der Waals surface area contributed by atoms with E-state index in [-0.39, 0.29) is 5.91 Å². The number of carbonyl (C=O) groups is 2. The van der Waals surface area contributed by atoms with Crippen LogP contribution in [0.4, 0.5) is 0 Å². The summed E-state index contributed by atoms with van der Waals surface area (Å²) in [7, 11) is 2.89. The number of ether oxygens (including phenoxy) is 2. The van der Waals surface area contributed by atoms with Gasteiger partial charge in [-0.15, -0.1) is 0 Å². The predicted molar refractivity (Wildman–Crippen MR) is 73.5 cm³/mol. The van der Waals surface area contributed by atoms with Crippen LogP contribution in [0.25, 0.3) is 0 Å². The Morgan fingerprint density at radius 2 is 2.15 bits per heavy atom. The number of rotatable bonds is 4. The van der Waals surface area contributed by atoms with E-state index in [4.69, 9.17) is 4.74 Å². The first-order valence-corrected chi connectivity index (χ1v) is 6.58. The molecule has 5 heteroatoms. The molecule has 20 heavy (non-hydrogen) atoms. The van der Waals surface area contributed by atoms with Crippen LogP contribution in [-0.4, -0.2) is 37.5 Å². The third kappa shape index (κ3) is 2.92. The van der Waals surface area contributed by atoms with Crippen molar-refractivity contribution < 1.29 is 19.1 Å². The van der Waals surface area contributed by atoms with Crippen molar-refractivity contribution in [2.24, 2.45) is 5.92 Å². The number of nitrogens with zero attached hydrogens (tertiary/aromatic N) is 1. The number of methoxy groups -OCH3 is 2. The Morgan fingerprint density at radius 1 is 1.40 bits per heavy atom.